The molecule has 2 N–H and O–H groups in total. The van der Waals surface area contributed by atoms with E-state index in [1.807, 2.05) is 36.4 Å². The summed E-state index contributed by atoms with van der Waals surface area (Å²) >= 11 is -0.312. The first kappa shape index (κ1) is 19.2. The minimum absolute atomic E-state index is 0.312. The fourth-order valence-corrected chi connectivity index (χ4v) is 5.14. The molecule has 2 aromatic carbocycles. The van der Waals surface area contributed by atoms with Gasteiger partial charge in [-0.2, -0.15) is 0 Å². The van der Waals surface area contributed by atoms with Crippen LogP contribution in [-0.4, -0.2) is 0 Å². The molecule has 0 aliphatic heterocycles. The van der Waals surface area contributed by atoms with Crippen LogP contribution in [0.1, 0.15) is 12.8 Å². The molecule has 2 aliphatic rings. The maximum atomic E-state index is 7.00. The third-order valence-electron chi connectivity index (χ3n) is 3.41. The molecule has 0 bridgehead atoms. The molecule has 0 amide bonds. The van der Waals surface area contributed by atoms with Crippen molar-refractivity contribution >= 4 is 11.4 Å². The van der Waals surface area contributed by atoms with E-state index in [-0.39, 0.29) is 23.2 Å². The van der Waals surface area contributed by atoms with Gasteiger partial charge in [-0.05, 0) is 0 Å². The van der Waals surface area contributed by atoms with E-state index in [1.54, 1.807) is 30.8 Å². The smallest absolute Gasteiger partial charge is 0.0624 e. The third-order valence-corrected chi connectivity index (χ3v) is 6.81. The van der Waals surface area contributed by atoms with Crippen molar-refractivity contribution in [3.8, 4) is 0 Å². The summed E-state index contributed by atoms with van der Waals surface area (Å²) in [5, 5.41) is 0. The standard InChI is InChI=1S/2C6H6N.2C5H5.Zr/c2*7-6-4-2-1-3-5-6;2*1-2-4-5-3-1;/h2*1-5,7H;2*1-3H,4H2;/q2*-1;;;+2. The van der Waals surface area contributed by atoms with Gasteiger partial charge >= 0.3 is 79.1 Å². The van der Waals surface area contributed by atoms with Gasteiger partial charge in [0.05, 0.1) is 0 Å². The number of hydrogen-bond donors (Lipinski definition) is 0. The Morgan fingerprint density at radius 3 is 1.24 bits per heavy atom. The second-order valence-electron chi connectivity index (χ2n) is 5.51. The number of nitrogens with one attached hydrogen (secondary N) is 2. The largest absolute Gasteiger partial charge is 0.699 e. The summed E-state index contributed by atoms with van der Waals surface area (Å²) in [5.41, 5.74) is 15.1. The fourth-order valence-electron chi connectivity index (χ4n) is 2.16. The van der Waals surface area contributed by atoms with Gasteiger partial charge in [-0.25, -0.2) is 0 Å². The van der Waals surface area contributed by atoms with Gasteiger partial charge in [-0.1, -0.05) is 60.7 Å². The van der Waals surface area contributed by atoms with Crippen molar-refractivity contribution in [3.05, 3.63) is 115 Å². The van der Waals surface area contributed by atoms with Crippen molar-refractivity contribution in [3.63, 3.8) is 0 Å². The van der Waals surface area contributed by atoms with Crippen LogP contribution in [0.2, 0.25) is 0 Å². The van der Waals surface area contributed by atoms with Gasteiger partial charge in [0.2, 0.25) is 0 Å². The molecule has 0 atom stereocenters. The van der Waals surface area contributed by atoms with E-state index in [2.05, 4.69) is 36.5 Å². The van der Waals surface area contributed by atoms with Crippen LogP contribution in [0, 0.1) is 0 Å². The normalized spacial score (nSPS) is 13.6. The Kier molecular flexibility index (Phi) is 8.79. The molecule has 4 rings (SSSR count). The zero-order valence-electron chi connectivity index (χ0n) is 14.2. The van der Waals surface area contributed by atoms with E-state index < -0.39 is 0 Å². The van der Waals surface area contributed by atoms with Crippen LogP contribution < -0.4 is 0 Å². The molecule has 2 aromatic rings. The SMILES string of the molecule is C1=CC[C]([Zr+2][C]2=CC=CC2)=C1.[NH-]c1ccccc1.[NH-]c1ccccc1. The van der Waals surface area contributed by atoms with E-state index in [0.717, 1.165) is 0 Å². The summed E-state index contributed by atoms with van der Waals surface area (Å²) in [6.45, 7) is 0. The maximum Gasteiger partial charge on any atom is -0.0624 e. The predicted molar refractivity (Wildman–Crippen MR) is 105 cm³/mol. The van der Waals surface area contributed by atoms with E-state index >= 15 is 0 Å². The van der Waals surface area contributed by atoms with Gasteiger partial charge in [-0.15, -0.1) is 11.4 Å². The zero-order chi connectivity index (χ0) is 17.7. The minimum Gasteiger partial charge on any atom is -0.699 e. The van der Waals surface area contributed by atoms with E-state index in [9.17, 15) is 0 Å². The van der Waals surface area contributed by atoms with Gasteiger partial charge in [0.25, 0.3) is 0 Å². The second kappa shape index (κ2) is 11.4. The number of hydrogen-bond acceptors (Lipinski definition) is 0. The maximum absolute atomic E-state index is 7.00. The molecular formula is C22H22N2Zr. The predicted octanol–water partition coefficient (Wildman–Crippen LogP) is 7.50. The monoisotopic (exact) mass is 404 g/mol. The summed E-state index contributed by atoms with van der Waals surface area (Å²) in [5.74, 6) is 0. The molecule has 25 heavy (non-hydrogen) atoms. The van der Waals surface area contributed by atoms with Crippen LogP contribution in [0.15, 0.2) is 104 Å². The van der Waals surface area contributed by atoms with Crippen LogP contribution in [0.25, 0.3) is 11.5 Å². The van der Waals surface area contributed by atoms with Crippen LogP contribution >= 0.6 is 0 Å². The van der Waals surface area contributed by atoms with Crippen molar-refractivity contribution in [1.82, 2.24) is 0 Å². The van der Waals surface area contributed by atoms with Crippen molar-refractivity contribution < 1.29 is 23.2 Å². The summed E-state index contributed by atoms with van der Waals surface area (Å²) < 4.78 is 3.45. The first-order chi connectivity index (χ1) is 12.2. The molecule has 124 valence electrons. The molecule has 0 saturated heterocycles. The first-order valence-corrected chi connectivity index (χ1v) is 10.7. The summed E-state index contributed by atoms with van der Waals surface area (Å²) in [4.78, 5) is 0. The Morgan fingerprint density at radius 1 is 0.600 bits per heavy atom. The quantitative estimate of drug-likeness (QED) is 0.497. The Balaban J connectivity index is 0.000000142. The van der Waals surface area contributed by atoms with Crippen LogP contribution in [-0.2, 0) is 23.2 Å². The Labute approximate surface area is 162 Å². The van der Waals surface area contributed by atoms with Crippen molar-refractivity contribution in [2.24, 2.45) is 0 Å². The van der Waals surface area contributed by atoms with Gasteiger partial charge in [-0.3, -0.25) is 0 Å². The molecule has 0 saturated carbocycles. The Morgan fingerprint density at radius 2 is 1.00 bits per heavy atom. The van der Waals surface area contributed by atoms with Crippen molar-refractivity contribution in [2.45, 2.75) is 12.8 Å². The molecule has 2 nitrogen and oxygen atoms in total. The average Bonchev–Trinajstić information content (AvgIpc) is 3.32. The molecule has 0 aromatic heterocycles. The summed E-state index contributed by atoms with van der Waals surface area (Å²) in [6.07, 6.45) is 16.0. The van der Waals surface area contributed by atoms with Gasteiger partial charge in [0, 0.05) is 0 Å². The number of benzene rings is 2. The fraction of sp³-hybridized carbons (Fsp3) is 0.0909. The Hall–Kier alpha value is -2.12. The molecular weight excluding hydrogens is 383 g/mol. The molecule has 0 unspecified atom stereocenters. The van der Waals surface area contributed by atoms with E-state index in [1.165, 1.54) is 12.8 Å². The second-order valence-corrected chi connectivity index (χ2v) is 9.28. The molecule has 3 heteroatoms. The van der Waals surface area contributed by atoms with Crippen LogP contribution in [0.4, 0.5) is 11.4 Å². The van der Waals surface area contributed by atoms with Crippen molar-refractivity contribution in [2.75, 3.05) is 0 Å². The average molecular weight is 406 g/mol. The molecule has 0 heterocycles. The number of allylic oxidation sites excluding steroid dienone is 8. The molecule has 0 spiro atoms. The Bertz CT molecular complexity index is 679. The minimum atomic E-state index is -0.312. The van der Waals surface area contributed by atoms with Crippen molar-refractivity contribution in [1.29, 1.82) is 0 Å². The number of rotatable bonds is 2. The topological polar surface area (TPSA) is 47.6 Å². The first-order valence-electron chi connectivity index (χ1n) is 8.26. The summed E-state index contributed by atoms with van der Waals surface area (Å²) in [7, 11) is 0. The van der Waals surface area contributed by atoms with E-state index in [0.29, 0.717) is 11.4 Å². The molecule has 0 radical (unpaired) electrons. The van der Waals surface area contributed by atoms with Gasteiger partial charge in [0.15, 0.2) is 0 Å². The molecule has 0 fully saturated rings. The molecule has 2 aliphatic carbocycles. The van der Waals surface area contributed by atoms with Crippen LogP contribution in [0.3, 0.4) is 0 Å². The summed E-state index contributed by atoms with van der Waals surface area (Å²) in [6, 6.07) is 18.2. The van der Waals surface area contributed by atoms with Gasteiger partial charge in [0.1, 0.15) is 0 Å². The van der Waals surface area contributed by atoms with E-state index in [4.69, 9.17) is 11.5 Å². The third kappa shape index (κ3) is 8.51. The zero-order valence-corrected chi connectivity index (χ0v) is 16.6. The van der Waals surface area contributed by atoms with Crippen LogP contribution in [0.5, 0.6) is 0 Å². The van der Waals surface area contributed by atoms with Gasteiger partial charge < -0.3 is 11.5 Å².